The Morgan fingerprint density at radius 3 is 2.42 bits per heavy atom. The molecule has 2 heterocycles. The lowest BCUT2D eigenvalue weighted by atomic mass is 9.80. The van der Waals surface area contributed by atoms with Crippen LogP contribution in [-0.2, 0) is 17.9 Å². The lowest BCUT2D eigenvalue weighted by molar-refractivity contribution is -0.967. The Balaban J connectivity index is 1.32. The van der Waals surface area contributed by atoms with Gasteiger partial charge < -0.3 is 9.22 Å². The normalized spacial score (nSPS) is 36.2. The molecule has 2 nitrogen and oxygen atoms in total. The van der Waals surface area contributed by atoms with Crippen molar-refractivity contribution in [2.45, 2.75) is 51.5 Å². The molecule has 6 atom stereocenters. The van der Waals surface area contributed by atoms with Crippen LogP contribution in [0.25, 0.3) is 10.8 Å². The minimum Gasteiger partial charge on any atom is -0.367 e. The highest BCUT2D eigenvalue weighted by atomic mass is 16.5. The molecule has 2 saturated heterocycles. The maximum Gasteiger partial charge on any atom is 0.116 e. The van der Waals surface area contributed by atoms with Crippen molar-refractivity contribution in [3.63, 3.8) is 0 Å². The van der Waals surface area contributed by atoms with E-state index in [4.69, 9.17) is 4.74 Å². The molecule has 2 heteroatoms. The summed E-state index contributed by atoms with van der Waals surface area (Å²) in [7, 11) is 0. The number of hydrogen-bond donors (Lipinski definition) is 0. The van der Waals surface area contributed by atoms with Crippen LogP contribution < -0.4 is 0 Å². The Labute approximate surface area is 186 Å². The van der Waals surface area contributed by atoms with Gasteiger partial charge in [0.15, 0.2) is 0 Å². The molecule has 1 saturated carbocycles. The Morgan fingerprint density at radius 1 is 0.839 bits per heavy atom. The zero-order chi connectivity index (χ0) is 21.1. The molecule has 2 aliphatic heterocycles. The van der Waals surface area contributed by atoms with E-state index >= 15 is 0 Å². The van der Waals surface area contributed by atoms with Gasteiger partial charge in [-0.15, -0.1) is 0 Å². The zero-order valence-corrected chi connectivity index (χ0v) is 18.8. The van der Waals surface area contributed by atoms with E-state index in [2.05, 4.69) is 86.6 Å². The predicted octanol–water partition coefficient (Wildman–Crippen LogP) is 6.19. The predicted molar refractivity (Wildman–Crippen MR) is 126 cm³/mol. The molecule has 0 amide bonds. The summed E-state index contributed by atoms with van der Waals surface area (Å²) in [5, 5.41) is 2.71. The van der Waals surface area contributed by atoms with Crippen LogP contribution in [0.1, 0.15) is 37.8 Å². The highest BCUT2D eigenvalue weighted by molar-refractivity contribution is 5.82. The van der Waals surface area contributed by atoms with E-state index in [1.807, 2.05) is 0 Å². The Bertz CT molecular complexity index is 1090. The van der Waals surface area contributed by atoms with Crippen molar-refractivity contribution in [2.75, 3.05) is 13.1 Å². The summed E-state index contributed by atoms with van der Waals surface area (Å²) in [6.45, 7) is 9.48. The monoisotopic (exact) mass is 412 g/mol. The summed E-state index contributed by atoms with van der Waals surface area (Å²) in [5.41, 5.74) is 3.14. The van der Waals surface area contributed by atoms with E-state index in [-0.39, 0.29) is 0 Å². The fourth-order valence-electron chi connectivity index (χ4n) is 7.90. The molecule has 3 aromatic rings. The van der Waals surface area contributed by atoms with Crippen LogP contribution in [0, 0.1) is 17.8 Å². The van der Waals surface area contributed by atoms with Crippen molar-refractivity contribution < 1.29 is 9.22 Å². The first kappa shape index (κ1) is 19.5. The third-order valence-corrected chi connectivity index (χ3v) is 9.22. The average molecular weight is 413 g/mol. The smallest absolute Gasteiger partial charge is 0.116 e. The Kier molecular flexibility index (Phi) is 4.52. The van der Waals surface area contributed by atoms with E-state index in [0.29, 0.717) is 17.6 Å². The van der Waals surface area contributed by atoms with E-state index in [1.54, 1.807) is 0 Å². The number of quaternary nitrogens is 1. The minimum absolute atomic E-state index is 0.354. The van der Waals surface area contributed by atoms with Crippen LogP contribution in [0.15, 0.2) is 72.8 Å². The first-order valence-electron chi connectivity index (χ1n) is 12.1. The topological polar surface area (TPSA) is 9.23 Å². The van der Waals surface area contributed by atoms with Crippen molar-refractivity contribution in [1.29, 1.82) is 0 Å². The molecule has 3 aliphatic rings. The zero-order valence-electron chi connectivity index (χ0n) is 18.8. The van der Waals surface area contributed by atoms with Crippen LogP contribution in [0.5, 0.6) is 0 Å². The van der Waals surface area contributed by atoms with Gasteiger partial charge in [-0.05, 0) is 42.2 Å². The second-order valence-electron chi connectivity index (χ2n) is 10.7. The first-order chi connectivity index (χ1) is 15.1. The summed E-state index contributed by atoms with van der Waals surface area (Å²) in [6.07, 6.45) is 3.09. The molecule has 6 rings (SSSR count). The maximum atomic E-state index is 6.67. The van der Waals surface area contributed by atoms with Crippen molar-refractivity contribution in [2.24, 2.45) is 17.8 Å². The summed E-state index contributed by atoms with van der Waals surface area (Å²) in [6, 6.07) is 26.6. The first-order valence-corrected chi connectivity index (χ1v) is 12.1. The lowest BCUT2D eigenvalue weighted by Crippen LogP contribution is -2.57. The van der Waals surface area contributed by atoms with E-state index in [0.717, 1.165) is 25.0 Å². The van der Waals surface area contributed by atoms with Gasteiger partial charge in [0.1, 0.15) is 24.7 Å². The summed E-state index contributed by atoms with van der Waals surface area (Å²) in [5.74, 6) is 2.33. The van der Waals surface area contributed by atoms with Gasteiger partial charge in [0.05, 0.1) is 13.2 Å². The minimum atomic E-state index is 0.354. The fourth-order valence-corrected chi connectivity index (χ4v) is 7.90. The van der Waals surface area contributed by atoms with Crippen LogP contribution >= 0.6 is 0 Å². The average Bonchev–Trinajstić information content (AvgIpc) is 3.33. The third kappa shape index (κ3) is 2.92. The second kappa shape index (κ2) is 7.18. The Hall–Kier alpha value is -2.16. The van der Waals surface area contributed by atoms with Crippen molar-refractivity contribution in [3.05, 3.63) is 83.9 Å². The molecule has 1 aliphatic carbocycles. The third-order valence-electron chi connectivity index (χ3n) is 9.22. The van der Waals surface area contributed by atoms with Crippen LogP contribution in [-0.4, -0.2) is 29.2 Å². The SMILES string of the molecule is C[C@@H]1C[N@@+]2(Cc3ccc4ccccc4c3)C[C@H](OCc3ccccc3)[C@H]3CC[C@@H]1[C@]32C. The molecule has 31 heavy (non-hydrogen) atoms. The fraction of sp³-hybridized carbons (Fsp3) is 0.448. The van der Waals surface area contributed by atoms with Crippen LogP contribution in [0.3, 0.4) is 0 Å². The lowest BCUT2D eigenvalue weighted by Gasteiger charge is -2.43. The number of hydrogen-bond acceptors (Lipinski definition) is 1. The maximum absolute atomic E-state index is 6.67. The summed E-state index contributed by atoms with van der Waals surface area (Å²) < 4.78 is 7.90. The number of fused-ring (bicyclic) bond motifs is 1. The van der Waals surface area contributed by atoms with Crippen molar-refractivity contribution in [1.82, 2.24) is 0 Å². The quantitative estimate of drug-likeness (QED) is 0.454. The molecular weight excluding hydrogens is 378 g/mol. The van der Waals surface area contributed by atoms with Crippen molar-refractivity contribution >= 4 is 10.8 Å². The molecule has 0 N–H and O–H groups in total. The highest BCUT2D eigenvalue weighted by Gasteiger charge is 2.73. The van der Waals surface area contributed by atoms with Crippen molar-refractivity contribution in [3.8, 4) is 0 Å². The molecule has 3 aromatic carbocycles. The van der Waals surface area contributed by atoms with E-state index < -0.39 is 0 Å². The van der Waals surface area contributed by atoms with Gasteiger partial charge in [-0.25, -0.2) is 0 Å². The molecule has 0 bridgehead atoms. The standard InChI is InChI=1S/C29H34NO/c1-21-17-30(18-23-12-13-24-10-6-7-11-25(24)16-23)19-28(27-15-14-26(21)29(27,30)2)31-20-22-8-4-3-5-9-22/h3-13,16,21,26-28H,14-15,17-20H2,1-2H3/q+1/t21-,26+,27-,28+,29-,30-/m1/s1. The van der Waals surface area contributed by atoms with Gasteiger partial charge in [-0.1, -0.05) is 73.7 Å². The molecule has 0 spiro atoms. The largest absolute Gasteiger partial charge is 0.367 e. The summed E-state index contributed by atoms with van der Waals surface area (Å²) >= 11 is 0. The molecule has 3 fully saturated rings. The van der Waals surface area contributed by atoms with E-state index in [9.17, 15) is 0 Å². The molecule has 0 aromatic heterocycles. The van der Waals surface area contributed by atoms with Crippen LogP contribution in [0.4, 0.5) is 0 Å². The van der Waals surface area contributed by atoms with E-state index in [1.165, 1.54) is 52.3 Å². The van der Waals surface area contributed by atoms with Gasteiger partial charge in [0, 0.05) is 23.3 Å². The second-order valence-corrected chi connectivity index (χ2v) is 10.7. The number of benzene rings is 3. The van der Waals surface area contributed by atoms with Gasteiger partial charge in [-0.3, -0.25) is 0 Å². The van der Waals surface area contributed by atoms with Gasteiger partial charge >= 0.3 is 0 Å². The Morgan fingerprint density at radius 2 is 1.58 bits per heavy atom. The number of nitrogens with zero attached hydrogens (tertiary/aromatic N) is 1. The molecule has 160 valence electrons. The van der Waals surface area contributed by atoms with Gasteiger partial charge in [0.25, 0.3) is 0 Å². The molecule has 0 radical (unpaired) electrons. The van der Waals surface area contributed by atoms with Gasteiger partial charge in [-0.2, -0.15) is 0 Å². The molecular formula is C29H34NO+. The molecule has 0 unspecified atom stereocenters. The number of rotatable bonds is 5. The highest BCUT2D eigenvalue weighted by Crippen LogP contribution is 2.62. The van der Waals surface area contributed by atoms with Crippen LogP contribution in [0.2, 0.25) is 0 Å². The summed E-state index contributed by atoms with van der Waals surface area (Å²) in [4.78, 5) is 0. The van der Waals surface area contributed by atoms with Gasteiger partial charge in [0.2, 0.25) is 0 Å². The number of ether oxygens (including phenoxy) is 1.